The molecular weight excluding hydrogens is 273 g/mol. The lowest BCUT2D eigenvalue weighted by atomic mass is 10.3. The molecular formula is C12H13Cl2N3O. The number of nitrogens with one attached hydrogen (secondary N) is 1. The zero-order valence-corrected chi connectivity index (χ0v) is 11.4. The fourth-order valence-electron chi connectivity index (χ4n) is 1.79. The Labute approximate surface area is 116 Å². The van der Waals surface area contributed by atoms with E-state index in [1.54, 1.807) is 18.2 Å². The van der Waals surface area contributed by atoms with E-state index in [0.29, 0.717) is 15.7 Å². The molecule has 0 atom stereocenters. The maximum Gasteiger partial charge on any atom is 0.347 e. The Bertz CT molecular complexity index is 502. The van der Waals surface area contributed by atoms with Crippen molar-refractivity contribution in [3.63, 3.8) is 0 Å². The molecule has 1 aliphatic rings. The van der Waals surface area contributed by atoms with E-state index in [-0.39, 0.29) is 0 Å². The van der Waals surface area contributed by atoms with E-state index in [4.69, 9.17) is 23.2 Å². The van der Waals surface area contributed by atoms with Crippen LogP contribution in [0.25, 0.3) is 0 Å². The predicted octanol–water partition coefficient (Wildman–Crippen LogP) is 3.65. The van der Waals surface area contributed by atoms with Crippen LogP contribution in [0.3, 0.4) is 0 Å². The van der Waals surface area contributed by atoms with E-state index in [1.165, 1.54) is 0 Å². The molecule has 1 aliphatic heterocycles. The van der Waals surface area contributed by atoms with Crippen molar-refractivity contribution in [2.75, 3.05) is 18.9 Å². The van der Waals surface area contributed by atoms with Crippen LogP contribution < -0.4 is 5.32 Å². The summed E-state index contributed by atoms with van der Waals surface area (Å²) in [4.78, 5) is 17.7. The van der Waals surface area contributed by atoms with Crippen molar-refractivity contribution in [1.29, 1.82) is 0 Å². The molecule has 2 amide bonds. The molecule has 0 aromatic heterocycles. The molecule has 96 valence electrons. The predicted molar refractivity (Wildman–Crippen MR) is 74.8 cm³/mol. The number of halogens is 2. The van der Waals surface area contributed by atoms with Gasteiger partial charge in [-0.2, -0.15) is 4.99 Å². The van der Waals surface area contributed by atoms with Gasteiger partial charge in [-0.25, -0.2) is 4.79 Å². The molecule has 0 aliphatic carbocycles. The first-order valence-electron chi connectivity index (χ1n) is 5.61. The number of amidine groups is 1. The molecule has 1 N–H and O–H groups in total. The lowest BCUT2D eigenvalue weighted by Gasteiger charge is -2.11. The average molecular weight is 286 g/mol. The number of likely N-dealkylation sites (tertiary alicyclic amines) is 1. The van der Waals surface area contributed by atoms with Crippen molar-refractivity contribution < 1.29 is 4.79 Å². The fourth-order valence-corrected chi connectivity index (χ4v) is 2.13. The van der Waals surface area contributed by atoms with Crippen LogP contribution in [0, 0.1) is 0 Å². The van der Waals surface area contributed by atoms with E-state index in [2.05, 4.69) is 10.3 Å². The Morgan fingerprint density at radius 2 is 2.22 bits per heavy atom. The lowest BCUT2D eigenvalue weighted by Crippen LogP contribution is -2.21. The average Bonchev–Trinajstić information content (AvgIpc) is 2.70. The molecule has 1 heterocycles. The maximum absolute atomic E-state index is 11.8. The van der Waals surface area contributed by atoms with E-state index in [9.17, 15) is 4.79 Å². The van der Waals surface area contributed by atoms with Gasteiger partial charge in [0.25, 0.3) is 0 Å². The molecule has 1 aromatic carbocycles. The molecule has 0 unspecified atom stereocenters. The van der Waals surface area contributed by atoms with Crippen molar-refractivity contribution in [2.45, 2.75) is 12.8 Å². The Kier molecular flexibility index (Phi) is 4.09. The number of rotatable bonds is 1. The number of aliphatic imine (C=N–C) groups is 1. The van der Waals surface area contributed by atoms with Gasteiger partial charge in [0.05, 0.1) is 10.7 Å². The van der Waals surface area contributed by atoms with Crippen LogP contribution in [-0.2, 0) is 0 Å². The monoisotopic (exact) mass is 285 g/mol. The minimum absolute atomic E-state index is 0.428. The topological polar surface area (TPSA) is 44.7 Å². The lowest BCUT2D eigenvalue weighted by molar-refractivity contribution is 0.259. The minimum atomic E-state index is -0.428. The van der Waals surface area contributed by atoms with E-state index in [1.807, 2.05) is 11.9 Å². The highest BCUT2D eigenvalue weighted by Gasteiger charge is 2.16. The second kappa shape index (κ2) is 5.59. The fraction of sp³-hybridized carbons (Fsp3) is 0.333. The zero-order valence-electron chi connectivity index (χ0n) is 9.91. The summed E-state index contributed by atoms with van der Waals surface area (Å²) in [7, 11) is 1.92. The standard InChI is InChI=1S/C12H13Cl2N3O/c1-17-6-2-3-11(17)16-12(18)15-10-7-8(13)4-5-9(10)14/h4-5,7H,2-3,6H2,1H3,(H,15,18)/b16-11-. The minimum Gasteiger partial charge on any atom is -0.363 e. The van der Waals surface area contributed by atoms with Crippen molar-refractivity contribution >= 4 is 40.8 Å². The third-order valence-electron chi connectivity index (χ3n) is 2.74. The van der Waals surface area contributed by atoms with Crippen LogP contribution in [0.5, 0.6) is 0 Å². The Hall–Kier alpha value is -1.26. The number of nitrogens with zero attached hydrogens (tertiary/aromatic N) is 2. The summed E-state index contributed by atoms with van der Waals surface area (Å²) in [5.74, 6) is 0.797. The normalized spacial score (nSPS) is 17.3. The number of benzene rings is 1. The van der Waals surface area contributed by atoms with Crippen molar-refractivity contribution in [3.05, 3.63) is 28.2 Å². The highest BCUT2D eigenvalue weighted by molar-refractivity contribution is 6.35. The molecule has 0 radical (unpaired) electrons. The molecule has 2 rings (SSSR count). The number of carbonyl (C=O) groups excluding carboxylic acids is 1. The molecule has 1 aromatic rings. The molecule has 1 fully saturated rings. The van der Waals surface area contributed by atoms with E-state index < -0.39 is 6.03 Å². The molecule has 18 heavy (non-hydrogen) atoms. The summed E-state index contributed by atoms with van der Waals surface area (Å²) in [6.07, 6.45) is 1.85. The quantitative estimate of drug-likeness (QED) is 0.856. The van der Waals surface area contributed by atoms with Gasteiger partial charge < -0.3 is 10.2 Å². The van der Waals surface area contributed by atoms with E-state index in [0.717, 1.165) is 25.2 Å². The summed E-state index contributed by atoms with van der Waals surface area (Å²) in [6, 6.07) is 4.47. The first-order chi connectivity index (χ1) is 8.56. The van der Waals surface area contributed by atoms with Gasteiger partial charge in [-0.05, 0) is 24.6 Å². The molecule has 0 bridgehead atoms. The van der Waals surface area contributed by atoms with Gasteiger partial charge in [-0.3, -0.25) is 0 Å². The SMILES string of the molecule is CN1CCC/C1=N/C(=O)Nc1cc(Cl)ccc1Cl. The largest absolute Gasteiger partial charge is 0.363 e. The summed E-state index contributed by atoms with van der Waals surface area (Å²) in [5, 5.41) is 3.58. The van der Waals surface area contributed by atoms with Gasteiger partial charge in [0.15, 0.2) is 0 Å². The number of hydrogen-bond donors (Lipinski definition) is 1. The second-order valence-corrected chi connectivity index (χ2v) is 4.95. The summed E-state index contributed by atoms with van der Waals surface area (Å²) in [5.41, 5.74) is 0.471. The zero-order chi connectivity index (χ0) is 13.1. The second-order valence-electron chi connectivity index (χ2n) is 4.11. The third-order valence-corrected chi connectivity index (χ3v) is 3.30. The Morgan fingerprint density at radius 3 is 2.89 bits per heavy atom. The number of urea groups is 1. The van der Waals surface area contributed by atoms with Crippen LogP contribution >= 0.6 is 23.2 Å². The first-order valence-corrected chi connectivity index (χ1v) is 6.36. The van der Waals surface area contributed by atoms with Crippen molar-refractivity contribution in [1.82, 2.24) is 4.90 Å². The highest BCUT2D eigenvalue weighted by Crippen LogP contribution is 2.25. The van der Waals surface area contributed by atoms with Crippen molar-refractivity contribution in [3.8, 4) is 0 Å². The molecule has 0 saturated carbocycles. The molecule has 6 heteroatoms. The number of hydrogen-bond acceptors (Lipinski definition) is 1. The van der Waals surface area contributed by atoms with Crippen LogP contribution in [-0.4, -0.2) is 30.4 Å². The summed E-state index contributed by atoms with van der Waals surface area (Å²) < 4.78 is 0. The summed E-state index contributed by atoms with van der Waals surface area (Å²) >= 11 is 11.8. The van der Waals surface area contributed by atoms with Gasteiger partial charge in [0.1, 0.15) is 5.84 Å². The Balaban J connectivity index is 2.09. The number of anilines is 1. The van der Waals surface area contributed by atoms with Crippen molar-refractivity contribution in [2.24, 2.45) is 4.99 Å². The smallest absolute Gasteiger partial charge is 0.347 e. The van der Waals surface area contributed by atoms with E-state index >= 15 is 0 Å². The molecule has 1 saturated heterocycles. The van der Waals surface area contributed by atoms with Crippen LogP contribution in [0.1, 0.15) is 12.8 Å². The summed E-state index contributed by atoms with van der Waals surface area (Å²) in [6.45, 7) is 0.935. The van der Waals surface area contributed by atoms with Gasteiger partial charge >= 0.3 is 6.03 Å². The first kappa shape index (κ1) is 13.2. The number of carbonyl (C=O) groups is 1. The molecule has 0 spiro atoms. The van der Waals surface area contributed by atoms with Gasteiger partial charge in [-0.15, -0.1) is 0 Å². The molecule has 4 nitrogen and oxygen atoms in total. The van der Waals surface area contributed by atoms with Gasteiger partial charge in [0.2, 0.25) is 0 Å². The van der Waals surface area contributed by atoms with Gasteiger partial charge in [0, 0.05) is 25.0 Å². The van der Waals surface area contributed by atoms with Crippen LogP contribution in [0.2, 0.25) is 10.0 Å². The highest BCUT2D eigenvalue weighted by atomic mass is 35.5. The van der Waals surface area contributed by atoms with Crippen LogP contribution in [0.4, 0.5) is 10.5 Å². The van der Waals surface area contributed by atoms with Crippen LogP contribution in [0.15, 0.2) is 23.2 Å². The Morgan fingerprint density at radius 1 is 1.44 bits per heavy atom. The van der Waals surface area contributed by atoms with Gasteiger partial charge in [-0.1, -0.05) is 23.2 Å². The number of amides is 2. The maximum atomic E-state index is 11.8. The third kappa shape index (κ3) is 3.15.